The van der Waals surface area contributed by atoms with Crippen LogP contribution in [-0.2, 0) is 14.8 Å². The van der Waals surface area contributed by atoms with E-state index in [2.05, 4.69) is 44.6 Å². The average molecular weight is 652 g/mol. The lowest BCUT2D eigenvalue weighted by Gasteiger charge is -2.55. The molecule has 2 aromatic rings. The van der Waals surface area contributed by atoms with Gasteiger partial charge in [-0.15, -0.1) is 0 Å². The highest BCUT2D eigenvalue weighted by molar-refractivity contribution is 7.89. The molecule has 2 aromatic carbocycles. The smallest absolute Gasteiger partial charge is 0.276 e. The molecule has 0 amide bonds. The summed E-state index contributed by atoms with van der Waals surface area (Å²) in [4.78, 5) is 18.2. The Kier molecular flexibility index (Phi) is 10.3. The van der Waals surface area contributed by atoms with Gasteiger partial charge < -0.3 is 10.0 Å². The summed E-state index contributed by atoms with van der Waals surface area (Å²) in [6.45, 7) is 11.7. The second-order valence-corrected chi connectivity index (χ2v) is 17.6. The number of aliphatic hydroxyl groups excluding tert-OH is 1. The molecule has 3 aliphatic carbocycles. The molecule has 8 heteroatoms. The highest BCUT2D eigenvalue weighted by Crippen LogP contribution is 2.64. The predicted molar refractivity (Wildman–Crippen MR) is 188 cm³/mol. The van der Waals surface area contributed by atoms with E-state index in [9.17, 15) is 18.3 Å². The Hall–Kier alpha value is -2.45. The van der Waals surface area contributed by atoms with Gasteiger partial charge in [0.25, 0.3) is 10.0 Å². The summed E-state index contributed by atoms with van der Waals surface area (Å²) in [6, 6.07) is 11.1. The Balaban J connectivity index is 1.37. The number of carbonyl (C=O) groups is 1. The Bertz CT molecular complexity index is 1540. The second kappa shape index (κ2) is 13.6. The summed E-state index contributed by atoms with van der Waals surface area (Å²) in [5.41, 5.74) is 0.774. The first-order valence-corrected chi connectivity index (χ1v) is 19.1. The van der Waals surface area contributed by atoms with Gasteiger partial charge in [0.2, 0.25) is 0 Å². The van der Waals surface area contributed by atoms with Crippen molar-refractivity contribution in [1.29, 1.82) is 0 Å². The van der Waals surface area contributed by atoms with Crippen LogP contribution in [0.1, 0.15) is 98.8 Å². The fraction of sp³-hybridized carbons (Fsp3) is 0.684. The Morgan fingerprint density at radius 1 is 1.02 bits per heavy atom. The Morgan fingerprint density at radius 3 is 2.48 bits per heavy atom. The van der Waals surface area contributed by atoms with Crippen LogP contribution in [0, 0.1) is 46.3 Å². The van der Waals surface area contributed by atoms with Crippen LogP contribution in [0.3, 0.4) is 0 Å². The molecular weight excluding hydrogens is 595 g/mol. The molecule has 46 heavy (non-hydrogen) atoms. The molecule has 3 fully saturated rings. The topological polar surface area (TPSA) is 99.1 Å². The van der Waals surface area contributed by atoms with E-state index in [1.807, 2.05) is 43.3 Å². The number of aliphatic hydroxyl groups is 1. The number of anilines is 1. The summed E-state index contributed by atoms with van der Waals surface area (Å²) in [6.07, 6.45) is 10.5. The van der Waals surface area contributed by atoms with Crippen LogP contribution in [0.25, 0.3) is 10.8 Å². The lowest BCUT2D eigenvalue weighted by atomic mass is 9.49. The SMILES string of the molecule is CC(C)CC[C@@H](C)[C@H]1CCC2C(C/C=N/NS(=O)(=O)c3ccc4c(N(C)C)cccc4c3)C([C@@]3(C)CC[C@H](O)CC3=O)CC[C@@]21C. The van der Waals surface area contributed by atoms with Crippen molar-refractivity contribution < 1.29 is 18.3 Å². The molecule has 0 radical (unpaired) electrons. The molecule has 3 unspecified atom stereocenters. The van der Waals surface area contributed by atoms with Crippen LogP contribution >= 0.6 is 0 Å². The molecule has 3 saturated carbocycles. The van der Waals surface area contributed by atoms with E-state index in [4.69, 9.17) is 0 Å². The van der Waals surface area contributed by atoms with Gasteiger partial charge in [0.15, 0.2) is 0 Å². The van der Waals surface area contributed by atoms with Crippen molar-refractivity contribution in [2.24, 2.45) is 51.4 Å². The van der Waals surface area contributed by atoms with E-state index in [-0.39, 0.29) is 34.4 Å². The molecule has 0 spiro atoms. The number of hydrogen-bond donors (Lipinski definition) is 2. The lowest BCUT2D eigenvalue weighted by Crippen LogP contribution is -2.51. The summed E-state index contributed by atoms with van der Waals surface area (Å²) < 4.78 is 26.7. The predicted octanol–water partition coefficient (Wildman–Crippen LogP) is 7.81. The zero-order valence-corrected chi connectivity index (χ0v) is 29.9. The minimum atomic E-state index is -3.86. The number of Topliss-reactive ketones (excluding diaryl/α,β-unsaturated/α-hetero) is 1. The van der Waals surface area contributed by atoms with E-state index < -0.39 is 21.5 Å². The van der Waals surface area contributed by atoms with Crippen molar-refractivity contribution in [1.82, 2.24) is 4.83 Å². The van der Waals surface area contributed by atoms with Gasteiger partial charge >= 0.3 is 0 Å². The third-order valence-electron chi connectivity index (χ3n) is 12.5. The highest BCUT2D eigenvalue weighted by Gasteiger charge is 2.58. The van der Waals surface area contributed by atoms with Gasteiger partial charge in [-0.2, -0.15) is 13.5 Å². The molecule has 7 nitrogen and oxygen atoms in total. The van der Waals surface area contributed by atoms with Gasteiger partial charge in [-0.3, -0.25) is 4.79 Å². The van der Waals surface area contributed by atoms with Crippen molar-refractivity contribution >= 4 is 38.5 Å². The zero-order chi connectivity index (χ0) is 33.4. The molecule has 0 heterocycles. The third-order valence-corrected chi connectivity index (χ3v) is 13.8. The zero-order valence-electron chi connectivity index (χ0n) is 29.1. The van der Waals surface area contributed by atoms with E-state index in [0.717, 1.165) is 35.7 Å². The summed E-state index contributed by atoms with van der Waals surface area (Å²) in [5, 5.41) is 16.5. The number of hydrogen-bond acceptors (Lipinski definition) is 6. The van der Waals surface area contributed by atoms with E-state index in [1.54, 1.807) is 18.3 Å². The molecule has 0 bridgehead atoms. The Morgan fingerprint density at radius 2 is 1.78 bits per heavy atom. The van der Waals surface area contributed by atoms with Crippen LogP contribution in [0.15, 0.2) is 46.4 Å². The average Bonchev–Trinajstić information content (AvgIpc) is 3.36. The van der Waals surface area contributed by atoms with Gasteiger partial charge in [-0.1, -0.05) is 65.7 Å². The monoisotopic (exact) mass is 651 g/mol. The fourth-order valence-electron chi connectivity index (χ4n) is 9.86. The summed E-state index contributed by atoms with van der Waals surface area (Å²) in [5.74, 6) is 3.11. The molecular formula is C38H57N3O4S. The third kappa shape index (κ3) is 6.76. The van der Waals surface area contributed by atoms with E-state index in [0.29, 0.717) is 42.9 Å². The van der Waals surface area contributed by atoms with Crippen LogP contribution in [0.2, 0.25) is 0 Å². The van der Waals surface area contributed by atoms with E-state index >= 15 is 0 Å². The molecule has 5 rings (SSSR count). The summed E-state index contributed by atoms with van der Waals surface area (Å²) >= 11 is 0. The number of fused-ring (bicyclic) bond motifs is 2. The first kappa shape index (κ1) is 34.9. The van der Waals surface area contributed by atoms with E-state index in [1.165, 1.54) is 19.3 Å². The Labute approximate surface area is 277 Å². The number of nitrogens with one attached hydrogen (secondary N) is 1. The normalized spacial score (nSPS) is 32.6. The first-order valence-electron chi connectivity index (χ1n) is 17.6. The maximum absolute atomic E-state index is 13.5. The number of nitrogens with zero attached hydrogens (tertiary/aromatic N) is 2. The van der Waals surface area contributed by atoms with Crippen molar-refractivity contribution in [2.45, 2.75) is 110 Å². The fourth-order valence-corrected chi connectivity index (χ4v) is 10.7. The van der Waals surface area contributed by atoms with Gasteiger partial charge in [0.05, 0.1) is 11.0 Å². The first-order chi connectivity index (χ1) is 21.7. The largest absolute Gasteiger partial charge is 0.393 e. The number of rotatable bonds is 11. The molecule has 8 atom stereocenters. The molecule has 0 saturated heterocycles. The molecule has 3 aliphatic rings. The molecule has 0 aliphatic heterocycles. The van der Waals surface area contributed by atoms with Crippen LogP contribution in [-0.4, -0.2) is 45.7 Å². The standard InChI is InChI=1S/C38H57N3O4S/c1-25(2)11-12-26(3)32-15-16-33-31(34(18-21-37(32,33)4)38(5)20-17-28(42)24-36(38)43)19-22-39-40-46(44,45)29-13-14-30-27(23-29)9-8-10-35(30)41(6)7/h8-10,13-14,22-23,25-26,28,31-34,40,42H,11-12,15-21,24H2,1-7H3/b39-22+/t26-,28+,31?,32-,33?,34?,37-,38-/m1/s1. The maximum atomic E-state index is 13.5. The second-order valence-electron chi connectivity index (χ2n) is 16.0. The van der Waals surface area contributed by atoms with Gasteiger partial charge in [-0.25, -0.2) is 4.83 Å². The minimum absolute atomic E-state index is 0.184. The van der Waals surface area contributed by atoms with Crippen molar-refractivity contribution in [3.63, 3.8) is 0 Å². The van der Waals surface area contributed by atoms with Crippen molar-refractivity contribution in [3.8, 4) is 0 Å². The minimum Gasteiger partial charge on any atom is -0.393 e. The highest BCUT2D eigenvalue weighted by atomic mass is 32.2. The lowest BCUT2D eigenvalue weighted by molar-refractivity contribution is -0.144. The molecule has 2 N–H and O–H groups in total. The van der Waals surface area contributed by atoms with Gasteiger partial charge in [-0.05, 0) is 109 Å². The number of hydrazone groups is 1. The van der Waals surface area contributed by atoms with Crippen molar-refractivity contribution in [2.75, 3.05) is 19.0 Å². The maximum Gasteiger partial charge on any atom is 0.276 e. The van der Waals surface area contributed by atoms with Gasteiger partial charge in [0, 0.05) is 43.2 Å². The van der Waals surface area contributed by atoms with Crippen LogP contribution in [0.5, 0.6) is 0 Å². The summed E-state index contributed by atoms with van der Waals surface area (Å²) in [7, 11) is 0.0936. The van der Waals surface area contributed by atoms with Gasteiger partial charge in [0.1, 0.15) is 5.78 Å². The number of benzene rings is 2. The number of ketones is 1. The quantitative estimate of drug-likeness (QED) is 0.191. The molecule has 254 valence electrons. The number of sulfonamides is 1. The van der Waals surface area contributed by atoms with Crippen LogP contribution < -0.4 is 9.73 Å². The van der Waals surface area contributed by atoms with Crippen LogP contribution in [0.4, 0.5) is 5.69 Å². The van der Waals surface area contributed by atoms with Crippen molar-refractivity contribution in [3.05, 3.63) is 36.4 Å². The number of carbonyl (C=O) groups excluding carboxylic acids is 1. The molecule has 0 aromatic heterocycles.